The Balaban J connectivity index is 1.98. The molecule has 1 unspecified atom stereocenters. The summed E-state index contributed by atoms with van der Waals surface area (Å²) in [6.45, 7) is 0.156. The Kier molecular flexibility index (Phi) is 4.65. The van der Waals surface area contributed by atoms with E-state index in [-0.39, 0.29) is 12.6 Å². The van der Waals surface area contributed by atoms with Gasteiger partial charge in [0.25, 0.3) is 0 Å². The average Bonchev–Trinajstić information content (AvgIpc) is 2.94. The molecule has 0 aliphatic rings. The van der Waals surface area contributed by atoms with Crippen molar-refractivity contribution in [2.45, 2.75) is 25.3 Å². The molecule has 0 amide bonds. The van der Waals surface area contributed by atoms with E-state index in [9.17, 15) is 0 Å². The minimum absolute atomic E-state index is 0.156. The lowest BCUT2D eigenvalue weighted by atomic mass is 10.0. The van der Waals surface area contributed by atoms with Crippen molar-refractivity contribution in [3.05, 3.63) is 48.0 Å². The van der Waals surface area contributed by atoms with Crippen molar-refractivity contribution >= 4 is 0 Å². The zero-order chi connectivity index (χ0) is 13.5. The molecule has 5 nitrogen and oxygen atoms in total. The molecule has 2 aromatic rings. The summed E-state index contributed by atoms with van der Waals surface area (Å²) in [4.78, 5) is 3.86. The SMILES string of the molecule is N#CC(CCc1cccc(CCO)c1)n1cncn1. The third-order valence-corrected chi connectivity index (χ3v) is 3.00. The Morgan fingerprint density at radius 3 is 2.74 bits per heavy atom. The van der Waals surface area contributed by atoms with E-state index in [1.807, 2.05) is 18.2 Å². The number of hydrogen-bond acceptors (Lipinski definition) is 4. The third kappa shape index (κ3) is 3.63. The van der Waals surface area contributed by atoms with Crippen molar-refractivity contribution in [2.24, 2.45) is 0 Å². The molecule has 19 heavy (non-hydrogen) atoms. The van der Waals surface area contributed by atoms with Gasteiger partial charge in [0.05, 0.1) is 6.07 Å². The molecule has 1 heterocycles. The van der Waals surface area contributed by atoms with Gasteiger partial charge >= 0.3 is 0 Å². The first-order valence-corrected chi connectivity index (χ1v) is 6.26. The van der Waals surface area contributed by atoms with Gasteiger partial charge in [-0.2, -0.15) is 10.4 Å². The monoisotopic (exact) mass is 256 g/mol. The molecule has 0 saturated carbocycles. The molecule has 1 aromatic heterocycles. The Morgan fingerprint density at radius 2 is 2.11 bits per heavy atom. The van der Waals surface area contributed by atoms with Gasteiger partial charge < -0.3 is 5.11 Å². The lowest BCUT2D eigenvalue weighted by Crippen LogP contribution is -2.08. The van der Waals surface area contributed by atoms with E-state index < -0.39 is 0 Å². The number of nitriles is 1. The highest BCUT2D eigenvalue weighted by Gasteiger charge is 2.10. The molecule has 5 heteroatoms. The van der Waals surface area contributed by atoms with Gasteiger partial charge in [-0.25, -0.2) is 9.67 Å². The van der Waals surface area contributed by atoms with Crippen LogP contribution in [0.4, 0.5) is 0 Å². The van der Waals surface area contributed by atoms with Crippen LogP contribution in [-0.2, 0) is 12.8 Å². The van der Waals surface area contributed by atoms with Crippen LogP contribution >= 0.6 is 0 Å². The molecular formula is C14H16N4O. The van der Waals surface area contributed by atoms with Crippen LogP contribution in [0.1, 0.15) is 23.6 Å². The second kappa shape index (κ2) is 6.66. The molecule has 0 fully saturated rings. The van der Waals surface area contributed by atoms with Crippen LogP contribution in [0.15, 0.2) is 36.9 Å². The first kappa shape index (κ1) is 13.2. The fourth-order valence-corrected chi connectivity index (χ4v) is 2.01. The van der Waals surface area contributed by atoms with Crippen molar-refractivity contribution in [3.8, 4) is 6.07 Å². The summed E-state index contributed by atoms with van der Waals surface area (Å²) in [6.07, 6.45) is 5.17. The topological polar surface area (TPSA) is 74.7 Å². The first-order chi connectivity index (χ1) is 9.33. The summed E-state index contributed by atoms with van der Waals surface area (Å²) in [7, 11) is 0. The van der Waals surface area contributed by atoms with Crippen LogP contribution < -0.4 is 0 Å². The highest BCUT2D eigenvalue weighted by molar-refractivity contribution is 5.24. The van der Waals surface area contributed by atoms with Crippen molar-refractivity contribution in [3.63, 3.8) is 0 Å². The predicted octanol–water partition coefficient (Wildman–Crippen LogP) is 1.51. The van der Waals surface area contributed by atoms with Gasteiger partial charge in [-0.1, -0.05) is 24.3 Å². The minimum Gasteiger partial charge on any atom is -0.396 e. The number of nitrogens with zero attached hydrogens (tertiary/aromatic N) is 4. The van der Waals surface area contributed by atoms with Gasteiger partial charge in [-0.05, 0) is 30.4 Å². The molecule has 0 radical (unpaired) electrons. The van der Waals surface area contributed by atoms with Gasteiger partial charge in [-0.15, -0.1) is 0 Å². The number of aliphatic hydroxyl groups excluding tert-OH is 1. The zero-order valence-electron chi connectivity index (χ0n) is 10.6. The fraction of sp³-hybridized carbons (Fsp3) is 0.357. The Morgan fingerprint density at radius 1 is 1.32 bits per heavy atom. The Labute approximate surface area is 112 Å². The minimum atomic E-state index is -0.288. The number of rotatable bonds is 6. The molecule has 1 atom stereocenters. The van der Waals surface area contributed by atoms with E-state index in [4.69, 9.17) is 10.4 Å². The number of aliphatic hydroxyl groups is 1. The van der Waals surface area contributed by atoms with Crippen LogP contribution in [0, 0.1) is 11.3 Å². The van der Waals surface area contributed by atoms with E-state index in [0.717, 1.165) is 12.0 Å². The molecule has 98 valence electrons. The van der Waals surface area contributed by atoms with Crippen molar-refractivity contribution in [1.82, 2.24) is 14.8 Å². The molecule has 0 spiro atoms. The number of aryl methyl sites for hydroxylation is 1. The summed E-state index contributed by atoms with van der Waals surface area (Å²) in [5.74, 6) is 0. The van der Waals surface area contributed by atoms with Crippen molar-refractivity contribution < 1.29 is 5.11 Å². The molecule has 2 rings (SSSR count). The van der Waals surface area contributed by atoms with Crippen LogP contribution in [0.25, 0.3) is 0 Å². The molecular weight excluding hydrogens is 240 g/mol. The summed E-state index contributed by atoms with van der Waals surface area (Å²) < 4.78 is 1.58. The van der Waals surface area contributed by atoms with Gasteiger partial charge in [-0.3, -0.25) is 0 Å². The van der Waals surface area contributed by atoms with Crippen LogP contribution in [-0.4, -0.2) is 26.5 Å². The van der Waals surface area contributed by atoms with E-state index in [2.05, 4.69) is 22.2 Å². The smallest absolute Gasteiger partial charge is 0.140 e. The summed E-state index contributed by atoms with van der Waals surface area (Å²) >= 11 is 0. The molecule has 0 aliphatic heterocycles. The molecule has 1 aromatic carbocycles. The molecule has 0 saturated heterocycles. The maximum absolute atomic E-state index is 9.14. The van der Waals surface area contributed by atoms with E-state index in [0.29, 0.717) is 12.8 Å². The lowest BCUT2D eigenvalue weighted by molar-refractivity contribution is 0.299. The lowest BCUT2D eigenvalue weighted by Gasteiger charge is -2.09. The van der Waals surface area contributed by atoms with E-state index in [1.54, 1.807) is 11.0 Å². The highest BCUT2D eigenvalue weighted by Crippen LogP contribution is 2.14. The molecule has 0 aliphatic carbocycles. The van der Waals surface area contributed by atoms with Gasteiger partial charge in [0.1, 0.15) is 18.7 Å². The standard InChI is InChI=1S/C14H16N4O/c15-9-14(18-11-16-10-17-18)5-4-12-2-1-3-13(8-12)6-7-19/h1-3,8,10-11,14,19H,4-7H2. The Bertz CT molecular complexity index is 545. The molecule has 1 N–H and O–H groups in total. The van der Waals surface area contributed by atoms with Crippen molar-refractivity contribution in [2.75, 3.05) is 6.61 Å². The van der Waals surface area contributed by atoms with Gasteiger partial charge in [0.15, 0.2) is 0 Å². The largest absolute Gasteiger partial charge is 0.396 e. The van der Waals surface area contributed by atoms with Crippen LogP contribution in [0.3, 0.4) is 0 Å². The van der Waals surface area contributed by atoms with Crippen molar-refractivity contribution in [1.29, 1.82) is 5.26 Å². The number of aromatic nitrogens is 3. The highest BCUT2D eigenvalue weighted by atomic mass is 16.2. The fourth-order valence-electron chi connectivity index (χ4n) is 2.01. The number of benzene rings is 1. The first-order valence-electron chi connectivity index (χ1n) is 6.26. The zero-order valence-corrected chi connectivity index (χ0v) is 10.6. The summed E-state index contributed by atoms with van der Waals surface area (Å²) in [5.41, 5.74) is 2.29. The third-order valence-electron chi connectivity index (χ3n) is 3.00. The Hall–Kier alpha value is -2.19. The van der Waals surface area contributed by atoms with Crippen LogP contribution in [0.2, 0.25) is 0 Å². The average molecular weight is 256 g/mol. The second-order valence-corrected chi connectivity index (χ2v) is 4.35. The predicted molar refractivity (Wildman–Crippen MR) is 70.2 cm³/mol. The maximum Gasteiger partial charge on any atom is 0.140 e. The van der Waals surface area contributed by atoms with E-state index >= 15 is 0 Å². The normalized spacial score (nSPS) is 12.0. The van der Waals surface area contributed by atoms with Crippen LogP contribution in [0.5, 0.6) is 0 Å². The number of hydrogen-bond donors (Lipinski definition) is 1. The quantitative estimate of drug-likeness (QED) is 0.850. The molecule has 0 bridgehead atoms. The summed E-state index contributed by atoms with van der Waals surface area (Å²) in [6, 6.07) is 10.0. The second-order valence-electron chi connectivity index (χ2n) is 4.35. The summed E-state index contributed by atoms with van der Waals surface area (Å²) in [5, 5.41) is 22.1. The maximum atomic E-state index is 9.14. The van der Waals surface area contributed by atoms with Gasteiger partial charge in [0, 0.05) is 6.61 Å². The van der Waals surface area contributed by atoms with E-state index in [1.165, 1.54) is 11.9 Å². The van der Waals surface area contributed by atoms with Gasteiger partial charge in [0.2, 0.25) is 0 Å².